The van der Waals surface area contributed by atoms with E-state index in [1.165, 1.54) is 5.56 Å². The number of hydrogen-bond acceptors (Lipinski definition) is 3. The molecule has 0 bridgehead atoms. The summed E-state index contributed by atoms with van der Waals surface area (Å²) in [6, 6.07) is 16.6. The maximum Gasteiger partial charge on any atom is 0.238 e. The van der Waals surface area contributed by atoms with Gasteiger partial charge in [0.25, 0.3) is 0 Å². The Morgan fingerprint density at radius 3 is 2.68 bits per heavy atom. The average Bonchev–Trinajstić information content (AvgIpc) is 2.60. The number of halogens is 1. The molecule has 1 saturated heterocycles. The SMILES string of the molecule is Cc1ccc(NC(=O)CN2CCN(C)CC2c2ccccc2)c(Br)c1. The van der Waals surface area contributed by atoms with Crippen LogP contribution >= 0.6 is 15.9 Å². The molecule has 4 nitrogen and oxygen atoms in total. The van der Waals surface area contributed by atoms with Crippen LogP contribution in [0.1, 0.15) is 17.2 Å². The Labute approximate surface area is 158 Å². The lowest BCUT2D eigenvalue weighted by Crippen LogP contribution is -2.49. The standard InChI is InChI=1S/C20H24BrN3O/c1-15-8-9-18(17(21)12-15)22-20(25)14-24-11-10-23(2)13-19(24)16-6-4-3-5-7-16/h3-9,12,19H,10-11,13-14H2,1-2H3,(H,22,25). The van der Waals surface area contributed by atoms with Gasteiger partial charge in [-0.15, -0.1) is 0 Å². The molecule has 0 aromatic heterocycles. The van der Waals surface area contributed by atoms with Crippen molar-refractivity contribution in [3.63, 3.8) is 0 Å². The zero-order valence-corrected chi connectivity index (χ0v) is 16.3. The first kappa shape index (κ1) is 18.1. The van der Waals surface area contributed by atoms with Gasteiger partial charge < -0.3 is 10.2 Å². The van der Waals surface area contributed by atoms with Crippen LogP contribution in [0, 0.1) is 6.92 Å². The Morgan fingerprint density at radius 2 is 1.96 bits per heavy atom. The van der Waals surface area contributed by atoms with Crippen LogP contribution in [0.3, 0.4) is 0 Å². The zero-order chi connectivity index (χ0) is 17.8. The molecule has 2 aromatic carbocycles. The van der Waals surface area contributed by atoms with Gasteiger partial charge in [0.05, 0.1) is 12.2 Å². The molecule has 1 atom stereocenters. The van der Waals surface area contributed by atoms with Gasteiger partial charge in [-0.25, -0.2) is 0 Å². The summed E-state index contributed by atoms with van der Waals surface area (Å²) in [4.78, 5) is 17.2. The van der Waals surface area contributed by atoms with Gasteiger partial charge in [-0.05, 0) is 53.2 Å². The molecular weight excluding hydrogens is 378 g/mol. The fraction of sp³-hybridized carbons (Fsp3) is 0.350. The fourth-order valence-corrected chi connectivity index (χ4v) is 3.83. The lowest BCUT2D eigenvalue weighted by molar-refractivity contribution is -0.118. The van der Waals surface area contributed by atoms with E-state index in [1.54, 1.807) is 0 Å². The molecule has 0 saturated carbocycles. The molecule has 1 unspecified atom stereocenters. The third kappa shape index (κ3) is 4.69. The topological polar surface area (TPSA) is 35.6 Å². The predicted molar refractivity (Wildman–Crippen MR) is 106 cm³/mol. The number of likely N-dealkylation sites (N-methyl/N-ethyl adjacent to an activating group) is 1. The minimum absolute atomic E-state index is 0.0232. The number of carbonyl (C=O) groups is 1. The third-order valence-corrected chi connectivity index (χ3v) is 5.28. The number of nitrogens with one attached hydrogen (secondary N) is 1. The number of aryl methyl sites for hydroxylation is 1. The van der Waals surface area contributed by atoms with Gasteiger partial charge in [-0.2, -0.15) is 0 Å². The minimum Gasteiger partial charge on any atom is -0.324 e. The second kappa shape index (κ2) is 8.13. The highest BCUT2D eigenvalue weighted by molar-refractivity contribution is 9.10. The Hall–Kier alpha value is -1.69. The molecule has 1 aliphatic rings. The first-order valence-electron chi connectivity index (χ1n) is 8.56. The highest BCUT2D eigenvalue weighted by atomic mass is 79.9. The molecule has 5 heteroatoms. The molecule has 1 heterocycles. The Kier molecular flexibility index (Phi) is 5.89. The van der Waals surface area contributed by atoms with E-state index in [2.05, 4.69) is 62.4 Å². The largest absolute Gasteiger partial charge is 0.324 e. The quantitative estimate of drug-likeness (QED) is 0.848. The third-order valence-electron chi connectivity index (χ3n) is 4.62. The van der Waals surface area contributed by atoms with Gasteiger partial charge >= 0.3 is 0 Å². The number of carbonyl (C=O) groups excluding carboxylic acids is 1. The Bertz CT molecular complexity index is 735. The van der Waals surface area contributed by atoms with E-state index in [9.17, 15) is 4.79 Å². The van der Waals surface area contributed by atoms with Crippen molar-refractivity contribution in [3.8, 4) is 0 Å². The number of hydrogen-bond donors (Lipinski definition) is 1. The molecule has 3 rings (SSSR count). The van der Waals surface area contributed by atoms with Crippen molar-refractivity contribution in [2.45, 2.75) is 13.0 Å². The maximum absolute atomic E-state index is 12.6. The van der Waals surface area contributed by atoms with Crippen LogP contribution in [0.5, 0.6) is 0 Å². The van der Waals surface area contributed by atoms with Crippen molar-refractivity contribution in [3.05, 3.63) is 64.1 Å². The number of anilines is 1. The first-order chi connectivity index (χ1) is 12.0. The van der Waals surface area contributed by atoms with Crippen LogP contribution in [0.2, 0.25) is 0 Å². The summed E-state index contributed by atoms with van der Waals surface area (Å²) in [5.74, 6) is 0.0232. The fourth-order valence-electron chi connectivity index (χ4n) is 3.23. The molecule has 25 heavy (non-hydrogen) atoms. The molecule has 132 valence electrons. The van der Waals surface area contributed by atoms with E-state index in [0.717, 1.165) is 35.4 Å². The van der Waals surface area contributed by atoms with Crippen LogP contribution in [-0.4, -0.2) is 48.9 Å². The van der Waals surface area contributed by atoms with E-state index < -0.39 is 0 Å². The second-order valence-corrected chi connectivity index (χ2v) is 7.55. The number of piperazine rings is 1. The van der Waals surface area contributed by atoms with E-state index >= 15 is 0 Å². The molecule has 0 spiro atoms. The lowest BCUT2D eigenvalue weighted by atomic mass is 10.0. The summed E-state index contributed by atoms with van der Waals surface area (Å²) in [6.45, 7) is 5.23. The van der Waals surface area contributed by atoms with Gasteiger partial charge in [-0.1, -0.05) is 36.4 Å². The summed E-state index contributed by atoms with van der Waals surface area (Å²) < 4.78 is 0.916. The van der Waals surface area contributed by atoms with Gasteiger partial charge in [0.2, 0.25) is 5.91 Å². The number of rotatable bonds is 4. The van der Waals surface area contributed by atoms with E-state index in [0.29, 0.717) is 6.54 Å². The van der Waals surface area contributed by atoms with Crippen molar-refractivity contribution in [2.24, 2.45) is 0 Å². The predicted octanol–water partition coefficient (Wildman–Crippen LogP) is 3.68. The number of benzene rings is 2. The molecular formula is C20H24BrN3O. The van der Waals surface area contributed by atoms with Crippen LogP contribution in [0.25, 0.3) is 0 Å². The summed E-state index contributed by atoms with van der Waals surface area (Å²) >= 11 is 3.52. The Balaban J connectivity index is 1.70. The molecule has 2 aromatic rings. The monoisotopic (exact) mass is 401 g/mol. The van der Waals surface area contributed by atoms with Crippen molar-refractivity contribution < 1.29 is 4.79 Å². The van der Waals surface area contributed by atoms with E-state index in [-0.39, 0.29) is 11.9 Å². The molecule has 1 aliphatic heterocycles. The van der Waals surface area contributed by atoms with Gasteiger partial charge in [0.15, 0.2) is 0 Å². The minimum atomic E-state index is 0.0232. The summed E-state index contributed by atoms with van der Waals surface area (Å²) in [5.41, 5.74) is 3.24. The van der Waals surface area contributed by atoms with Gasteiger partial charge in [0, 0.05) is 30.1 Å². The van der Waals surface area contributed by atoms with E-state index in [1.807, 2.05) is 31.2 Å². The smallest absolute Gasteiger partial charge is 0.238 e. The normalized spacial score (nSPS) is 18.9. The first-order valence-corrected chi connectivity index (χ1v) is 9.36. The van der Waals surface area contributed by atoms with Gasteiger partial charge in [-0.3, -0.25) is 9.69 Å². The molecule has 0 radical (unpaired) electrons. The summed E-state index contributed by atoms with van der Waals surface area (Å²) in [5, 5.41) is 3.03. The zero-order valence-electron chi connectivity index (χ0n) is 14.7. The van der Waals surface area contributed by atoms with Crippen LogP contribution < -0.4 is 5.32 Å². The molecule has 0 aliphatic carbocycles. The molecule has 1 amide bonds. The van der Waals surface area contributed by atoms with E-state index in [4.69, 9.17) is 0 Å². The van der Waals surface area contributed by atoms with Crippen molar-refractivity contribution >= 4 is 27.5 Å². The summed E-state index contributed by atoms with van der Waals surface area (Å²) in [7, 11) is 2.14. The van der Waals surface area contributed by atoms with Crippen LogP contribution in [0.15, 0.2) is 53.0 Å². The second-order valence-electron chi connectivity index (χ2n) is 6.69. The molecule has 1 N–H and O–H groups in total. The molecule has 1 fully saturated rings. The average molecular weight is 402 g/mol. The van der Waals surface area contributed by atoms with Crippen LogP contribution in [-0.2, 0) is 4.79 Å². The number of amides is 1. The van der Waals surface area contributed by atoms with Crippen molar-refractivity contribution in [1.29, 1.82) is 0 Å². The maximum atomic E-state index is 12.6. The van der Waals surface area contributed by atoms with Crippen molar-refractivity contribution in [2.75, 3.05) is 38.5 Å². The van der Waals surface area contributed by atoms with Crippen LogP contribution in [0.4, 0.5) is 5.69 Å². The highest BCUT2D eigenvalue weighted by Crippen LogP contribution is 2.26. The lowest BCUT2D eigenvalue weighted by Gasteiger charge is -2.40. The van der Waals surface area contributed by atoms with Gasteiger partial charge in [0.1, 0.15) is 0 Å². The number of nitrogens with zero attached hydrogens (tertiary/aromatic N) is 2. The van der Waals surface area contributed by atoms with Crippen molar-refractivity contribution in [1.82, 2.24) is 9.80 Å². The summed E-state index contributed by atoms with van der Waals surface area (Å²) in [6.07, 6.45) is 0. The Morgan fingerprint density at radius 1 is 1.20 bits per heavy atom. The highest BCUT2D eigenvalue weighted by Gasteiger charge is 2.28.